The second-order valence-electron chi connectivity index (χ2n) is 7.66. The average molecular weight is 283 g/mol. The van der Waals surface area contributed by atoms with Gasteiger partial charge in [0.05, 0.1) is 5.71 Å². The third kappa shape index (κ3) is 1.81. The number of nitrogens with zero attached hydrogens (tertiary/aromatic N) is 1. The van der Waals surface area contributed by atoms with E-state index in [9.17, 15) is 5.21 Å². The molecule has 0 radical (unpaired) electrons. The third-order valence-corrected chi connectivity index (χ3v) is 6.74. The molecule has 0 amide bonds. The van der Waals surface area contributed by atoms with Gasteiger partial charge in [0.25, 0.3) is 0 Å². The highest BCUT2D eigenvalue weighted by atomic mass is 16.4. The van der Waals surface area contributed by atoms with Crippen LogP contribution >= 0.6 is 0 Å². The van der Waals surface area contributed by atoms with Gasteiger partial charge in [0, 0.05) is 5.41 Å². The molecule has 4 rings (SSSR count). The SMILES string of the molecule is Cc1ccc2c(c1)CCC1C2CC[C@]2(C)/C(=N/O)CCC12. The van der Waals surface area contributed by atoms with E-state index in [0.717, 1.165) is 29.9 Å². The number of benzene rings is 1. The van der Waals surface area contributed by atoms with Crippen LogP contribution in [0, 0.1) is 24.2 Å². The maximum atomic E-state index is 9.34. The molecule has 1 aromatic carbocycles. The first-order valence-electron chi connectivity index (χ1n) is 8.44. The molecular formula is C19H25NO. The van der Waals surface area contributed by atoms with Crippen molar-refractivity contribution in [1.82, 2.24) is 0 Å². The monoisotopic (exact) mass is 283 g/mol. The number of rotatable bonds is 0. The summed E-state index contributed by atoms with van der Waals surface area (Å²) in [6.07, 6.45) is 7.22. The molecule has 2 saturated carbocycles. The molecular weight excluding hydrogens is 258 g/mol. The van der Waals surface area contributed by atoms with Crippen LogP contribution in [0.5, 0.6) is 0 Å². The molecule has 0 saturated heterocycles. The van der Waals surface area contributed by atoms with Crippen LogP contribution in [-0.2, 0) is 6.42 Å². The first-order valence-corrected chi connectivity index (χ1v) is 8.44. The van der Waals surface area contributed by atoms with E-state index < -0.39 is 0 Å². The molecule has 0 heterocycles. The lowest BCUT2D eigenvalue weighted by Crippen LogP contribution is -2.42. The van der Waals surface area contributed by atoms with Crippen molar-refractivity contribution in [3.63, 3.8) is 0 Å². The Morgan fingerprint density at radius 3 is 2.86 bits per heavy atom. The Kier molecular flexibility index (Phi) is 2.92. The zero-order chi connectivity index (χ0) is 14.6. The summed E-state index contributed by atoms with van der Waals surface area (Å²) in [5, 5.41) is 13.0. The summed E-state index contributed by atoms with van der Waals surface area (Å²) in [5.41, 5.74) is 5.84. The zero-order valence-corrected chi connectivity index (χ0v) is 13.1. The van der Waals surface area contributed by atoms with Crippen molar-refractivity contribution in [2.24, 2.45) is 22.4 Å². The molecule has 1 aromatic rings. The van der Waals surface area contributed by atoms with E-state index >= 15 is 0 Å². The molecule has 3 aliphatic carbocycles. The molecule has 1 N–H and O–H groups in total. The van der Waals surface area contributed by atoms with Crippen LogP contribution in [0.25, 0.3) is 0 Å². The molecule has 0 aromatic heterocycles. The molecule has 3 unspecified atom stereocenters. The zero-order valence-electron chi connectivity index (χ0n) is 13.1. The van der Waals surface area contributed by atoms with Gasteiger partial charge in [-0.3, -0.25) is 0 Å². The largest absolute Gasteiger partial charge is 0.411 e. The van der Waals surface area contributed by atoms with Crippen LogP contribution in [0.4, 0.5) is 0 Å². The fraction of sp³-hybridized carbons (Fsp3) is 0.632. The van der Waals surface area contributed by atoms with Gasteiger partial charge in [-0.1, -0.05) is 35.8 Å². The fourth-order valence-corrected chi connectivity index (χ4v) is 5.66. The molecule has 2 nitrogen and oxygen atoms in total. The van der Waals surface area contributed by atoms with Gasteiger partial charge >= 0.3 is 0 Å². The molecule has 0 bridgehead atoms. The lowest BCUT2D eigenvalue weighted by molar-refractivity contribution is 0.0938. The standard InChI is InChI=1S/C19H25NO/c1-12-3-5-14-13(11-12)4-6-16-15(14)9-10-19(2)17(16)7-8-18(19)20-21/h3,5,11,15-17,21H,4,6-10H2,1-2H3/b20-18+/t15?,16?,17?,19-/m0/s1. The van der Waals surface area contributed by atoms with Crippen LogP contribution < -0.4 is 0 Å². The Labute approximate surface area is 127 Å². The maximum Gasteiger partial charge on any atom is 0.0632 e. The Morgan fingerprint density at radius 2 is 2.05 bits per heavy atom. The van der Waals surface area contributed by atoms with Gasteiger partial charge < -0.3 is 5.21 Å². The maximum absolute atomic E-state index is 9.34. The minimum atomic E-state index is 0.165. The minimum Gasteiger partial charge on any atom is -0.411 e. The summed E-state index contributed by atoms with van der Waals surface area (Å²) in [4.78, 5) is 0. The number of hydrogen-bond acceptors (Lipinski definition) is 2. The summed E-state index contributed by atoms with van der Waals surface area (Å²) in [6, 6.07) is 7.07. The van der Waals surface area contributed by atoms with Crippen molar-refractivity contribution in [2.45, 2.75) is 58.3 Å². The van der Waals surface area contributed by atoms with Crippen molar-refractivity contribution in [1.29, 1.82) is 0 Å². The van der Waals surface area contributed by atoms with Crippen LogP contribution in [0.15, 0.2) is 23.4 Å². The van der Waals surface area contributed by atoms with Crippen LogP contribution in [-0.4, -0.2) is 10.9 Å². The Bertz CT molecular complexity index is 606. The van der Waals surface area contributed by atoms with Gasteiger partial charge in [-0.15, -0.1) is 0 Å². The highest BCUT2D eigenvalue weighted by molar-refractivity contribution is 5.92. The molecule has 2 fully saturated rings. The summed E-state index contributed by atoms with van der Waals surface area (Å²) in [6.45, 7) is 4.55. The van der Waals surface area contributed by atoms with Crippen molar-refractivity contribution in [3.8, 4) is 0 Å². The quantitative estimate of drug-likeness (QED) is 0.544. The van der Waals surface area contributed by atoms with E-state index in [1.54, 1.807) is 11.1 Å². The van der Waals surface area contributed by atoms with Crippen molar-refractivity contribution < 1.29 is 5.21 Å². The van der Waals surface area contributed by atoms with E-state index in [1.807, 2.05) is 0 Å². The minimum absolute atomic E-state index is 0.165. The molecule has 112 valence electrons. The molecule has 4 atom stereocenters. The Balaban J connectivity index is 1.72. The second kappa shape index (κ2) is 4.59. The van der Waals surface area contributed by atoms with Crippen LogP contribution in [0.1, 0.15) is 61.6 Å². The first-order chi connectivity index (χ1) is 10.1. The predicted molar refractivity (Wildman–Crippen MR) is 85.0 cm³/mol. The smallest absolute Gasteiger partial charge is 0.0632 e. The fourth-order valence-electron chi connectivity index (χ4n) is 5.66. The lowest BCUT2D eigenvalue weighted by Gasteiger charge is -2.49. The van der Waals surface area contributed by atoms with E-state index in [2.05, 4.69) is 37.2 Å². The van der Waals surface area contributed by atoms with Crippen LogP contribution in [0.3, 0.4) is 0 Å². The van der Waals surface area contributed by atoms with Gasteiger partial charge in [0.2, 0.25) is 0 Å². The van der Waals surface area contributed by atoms with Gasteiger partial charge in [-0.25, -0.2) is 0 Å². The Morgan fingerprint density at radius 1 is 1.19 bits per heavy atom. The molecule has 2 heteroatoms. The van der Waals surface area contributed by atoms with Crippen molar-refractivity contribution in [2.75, 3.05) is 0 Å². The predicted octanol–water partition coefficient (Wildman–Crippen LogP) is 4.68. The van der Waals surface area contributed by atoms with Crippen molar-refractivity contribution in [3.05, 3.63) is 34.9 Å². The second-order valence-corrected chi connectivity index (χ2v) is 7.66. The number of oxime groups is 1. The van der Waals surface area contributed by atoms with E-state index in [4.69, 9.17) is 0 Å². The van der Waals surface area contributed by atoms with Crippen LogP contribution in [0.2, 0.25) is 0 Å². The van der Waals surface area contributed by atoms with Gasteiger partial charge in [0.1, 0.15) is 0 Å². The number of aryl methyl sites for hydroxylation is 2. The highest BCUT2D eigenvalue weighted by Gasteiger charge is 2.53. The lowest BCUT2D eigenvalue weighted by atomic mass is 9.55. The van der Waals surface area contributed by atoms with E-state index in [-0.39, 0.29) is 5.41 Å². The van der Waals surface area contributed by atoms with Gasteiger partial charge in [-0.05, 0) is 74.3 Å². The van der Waals surface area contributed by atoms with Crippen molar-refractivity contribution >= 4 is 5.71 Å². The summed E-state index contributed by atoms with van der Waals surface area (Å²) in [5.74, 6) is 2.25. The topological polar surface area (TPSA) is 32.6 Å². The van der Waals surface area contributed by atoms with E-state index in [0.29, 0.717) is 0 Å². The number of hydrogen-bond donors (Lipinski definition) is 1. The molecule has 21 heavy (non-hydrogen) atoms. The number of fused-ring (bicyclic) bond motifs is 5. The Hall–Kier alpha value is -1.31. The summed E-state index contributed by atoms with van der Waals surface area (Å²) >= 11 is 0. The van der Waals surface area contributed by atoms with E-state index in [1.165, 1.54) is 37.7 Å². The van der Waals surface area contributed by atoms with Gasteiger partial charge in [0.15, 0.2) is 0 Å². The summed E-state index contributed by atoms with van der Waals surface area (Å²) < 4.78 is 0. The highest BCUT2D eigenvalue weighted by Crippen LogP contribution is 2.59. The molecule has 3 aliphatic rings. The first kappa shape index (κ1) is 13.4. The summed E-state index contributed by atoms with van der Waals surface area (Å²) in [7, 11) is 0. The average Bonchev–Trinajstić information content (AvgIpc) is 2.83. The third-order valence-electron chi connectivity index (χ3n) is 6.74. The van der Waals surface area contributed by atoms with Gasteiger partial charge in [-0.2, -0.15) is 0 Å². The molecule has 0 aliphatic heterocycles. The normalized spacial score (nSPS) is 39.7. The molecule has 0 spiro atoms.